The zero-order valence-corrected chi connectivity index (χ0v) is 16.2. The van der Waals surface area contributed by atoms with E-state index in [1.165, 1.54) is 12.1 Å². The van der Waals surface area contributed by atoms with Gasteiger partial charge in [-0.2, -0.15) is 5.26 Å². The van der Waals surface area contributed by atoms with Crippen LogP contribution in [0.4, 0.5) is 0 Å². The summed E-state index contributed by atoms with van der Waals surface area (Å²) >= 11 is 0. The van der Waals surface area contributed by atoms with Gasteiger partial charge in [0.05, 0.1) is 29.8 Å². The van der Waals surface area contributed by atoms with Crippen molar-refractivity contribution in [1.29, 1.82) is 5.26 Å². The van der Waals surface area contributed by atoms with E-state index < -0.39 is 12.1 Å². The maximum atomic E-state index is 12.7. The van der Waals surface area contributed by atoms with E-state index in [4.69, 9.17) is 15.1 Å². The van der Waals surface area contributed by atoms with E-state index >= 15 is 0 Å². The first-order valence-electron chi connectivity index (χ1n) is 9.06. The molecule has 1 unspecified atom stereocenters. The summed E-state index contributed by atoms with van der Waals surface area (Å²) in [6.45, 7) is 5.93. The standard InChI is InChI=1S/C22H24N2O4/c1-14(2)20(28-13-17-6-4-16(12-23)5-7-17)21(25)24-15(3)18-8-10-19(11-9-18)22(26)27/h4-11,14-15,20H,13H2,1-3H3,(H,24,25)(H,26,27)/t15-,20?/m0/s1. The number of aromatic carboxylic acids is 1. The van der Waals surface area contributed by atoms with E-state index in [-0.39, 0.29) is 30.0 Å². The van der Waals surface area contributed by atoms with Crippen molar-refractivity contribution >= 4 is 11.9 Å². The second kappa shape index (κ2) is 9.67. The number of nitriles is 1. The molecule has 0 aliphatic rings. The third kappa shape index (κ3) is 5.66. The first kappa shape index (κ1) is 21.1. The van der Waals surface area contributed by atoms with Crippen LogP contribution in [-0.2, 0) is 16.1 Å². The number of ether oxygens (including phenoxy) is 1. The second-order valence-corrected chi connectivity index (χ2v) is 6.94. The summed E-state index contributed by atoms with van der Waals surface area (Å²) in [6.07, 6.45) is -0.628. The molecule has 0 saturated carbocycles. The van der Waals surface area contributed by atoms with Crippen LogP contribution < -0.4 is 5.32 Å². The number of carbonyl (C=O) groups is 2. The average molecular weight is 380 g/mol. The number of rotatable bonds is 8. The number of carboxylic acids is 1. The van der Waals surface area contributed by atoms with Gasteiger partial charge in [-0.3, -0.25) is 4.79 Å². The molecule has 0 fully saturated rings. The molecule has 0 radical (unpaired) electrons. The van der Waals surface area contributed by atoms with Crippen LogP contribution >= 0.6 is 0 Å². The quantitative estimate of drug-likeness (QED) is 0.728. The number of hydrogen-bond acceptors (Lipinski definition) is 4. The number of amides is 1. The zero-order chi connectivity index (χ0) is 20.7. The number of hydrogen-bond donors (Lipinski definition) is 2. The van der Waals surface area contributed by atoms with E-state index in [2.05, 4.69) is 11.4 Å². The predicted molar refractivity (Wildman–Crippen MR) is 105 cm³/mol. The Hall–Kier alpha value is -3.17. The van der Waals surface area contributed by atoms with Crippen molar-refractivity contribution in [3.8, 4) is 6.07 Å². The van der Waals surface area contributed by atoms with Crippen LogP contribution in [0.1, 0.15) is 53.9 Å². The highest BCUT2D eigenvalue weighted by Crippen LogP contribution is 2.17. The molecule has 0 aromatic heterocycles. The van der Waals surface area contributed by atoms with Crippen LogP contribution in [0.3, 0.4) is 0 Å². The van der Waals surface area contributed by atoms with Crippen molar-refractivity contribution in [3.05, 3.63) is 70.8 Å². The SMILES string of the molecule is CC(C)C(OCc1ccc(C#N)cc1)C(=O)N[C@@H](C)c1ccc(C(=O)O)cc1. The zero-order valence-electron chi connectivity index (χ0n) is 16.2. The molecule has 0 heterocycles. The monoisotopic (exact) mass is 380 g/mol. The van der Waals surface area contributed by atoms with E-state index in [9.17, 15) is 9.59 Å². The van der Waals surface area contributed by atoms with Crippen molar-refractivity contribution in [2.45, 2.75) is 39.5 Å². The van der Waals surface area contributed by atoms with Crippen LogP contribution in [0.15, 0.2) is 48.5 Å². The summed E-state index contributed by atoms with van der Waals surface area (Å²) in [4.78, 5) is 23.6. The van der Waals surface area contributed by atoms with Crippen LogP contribution in [0.25, 0.3) is 0 Å². The van der Waals surface area contributed by atoms with Crippen LogP contribution in [0.2, 0.25) is 0 Å². The predicted octanol–water partition coefficient (Wildman–Crippen LogP) is 3.68. The molecule has 2 aromatic carbocycles. The Morgan fingerprint density at radius 1 is 1.07 bits per heavy atom. The largest absolute Gasteiger partial charge is 0.478 e. The Morgan fingerprint density at radius 3 is 2.18 bits per heavy atom. The maximum Gasteiger partial charge on any atom is 0.335 e. The Morgan fingerprint density at radius 2 is 1.68 bits per heavy atom. The van der Waals surface area contributed by atoms with Gasteiger partial charge in [-0.05, 0) is 48.2 Å². The smallest absolute Gasteiger partial charge is 0.335 e. The lowest BCUT2D eigenvalue weighted by atomic mass is 10.0. The van der Waals surface area contributed by atoms with Gasteiger partial charge in [0.15, 0.2) is 0 Å². The Balaban J connectivity index is 1.99. The highest BCUT2D eigenvalue weighted by Gasteiger charge is 2.24. The first-order chi connectivity index (χ1) is 13.3. The molecule has 2 atom stereocenters. The molecule has 2 N–H and O–H groups in total. The van der Waals surface area contributed by atoms with Gasteiger partial charge in [0.1, 0.15) is 6.10 Å². The number of benzene rings is 2. The Bertz CT molecular complexity index is 852. The minimum atomic E-state index is -0.987. The lowest BCUT2D eigenvalue weighted by Crippen LogP contribution is -2.40. The summed E-state index contributed by atoms with van der Waals surface area (Å²) < 4.78 is 5.84. The molecule has 0 aliphatic carbocycles. The molecule has 6 heteroatoms. The molecule has 28 heavy (non-hydrogen) atoms. The van der Waals surface area contributed by atoms with Crippen LogP contribution in [0.5, 0.6) is 0 Å². The number of carbonyl (C=O) groups excluding carboxylic acids is 1. The van der Waals surface area contributed by atoms with E-state index in [0.717, 1.165) is 11.1 Å². The molecule has 1 amide bonds. The van der Waals surface area contributed by atoms with Crippen LogP contribution in [-0.4, -0.2) is 23.1 Å². The summed E-state index contributed by atoms with van der Waals surface area (Å²) in [7, 11) is 0. The van der Waals surface area contributed by atoms with Gasteiger partial charge < -0.3 is 15.2 Å². The molecule has 0 bridgehead atoms. The maximum absolute atomic E-state index is 12.7. The third-order valence-corrected chi connectivity index (χ3v) is 4.39. The highest BCUT2D eigenvalue weighted by atomic mass is 16.5. The van der Waals surface area contributed by atoms with Crippen molar-refractivity contribution in [1.82, 2.24) is 5.32 Å². The van der Waals surface area contributed by atoms with Crippen molar-refractivity contribution in [2.75, 3.05) is 0 Å². The number of nitrogens with zero attached hydrogens (tertiary/aromatic N) is 1. The molecule has 0 saturated heterocycles. The number of carboxylic acid groups (broad SMARTS) is 1. The van der Waals surface area contributed by atoms with Crippen molar-refractivity contribution in [3.63, 3.8) is 0 Å². The Labute approximate surface area is 164 Å². The molecular formula is C22H24N2O4. The van der Waals surface area contributed by atoms with E-state index in [0.29, 0.717) is 5.56 Å². The summed E-state index contributed by atoms with van der Waals surface area (Å²) in [6, 6.07) is 15.2. The van der Waals surface area contributed by atoms with Gasteiger partial charge in [-0.1, -0.05) is 38.1 Å². The fraction of sp³-hybridized carbons (Fsp3) is 0.318. The lowest BCUT2D eigenvalue weighted by Gasteiger charge is -2.23. The van der Waals surface area contributed by atoms with Crippen molar-refractivity contribution < 1.29 is 19.4 Å². The molecule has 146 valence electrons. The van der Waals surface area contributed by atoms with Crippen LogP contribution in [0, 0.1) is 17.2 Å². The topological polar surface area (TPSA) is 99.4 Å². The second-order valence-electron chi connectivity index (χ2n) is 6.94. The first-order valence-corrected chi connectivity index (χ1v) is 9.06. The minimum absolute atomic E-state index is 0.0278. The average Bonchev–Trinajstić information content (AvgIpc) is 2.68. The molecule has 0 spiro atoms. The normalized spacial score (nSPS) is 12.8. The third-order valence-electron chi connectivity index (χ3n) is 4.39. The molecule has 6 nitrogen and oxygen atoms in total. The van der Waals surface area contributed by atoms with E-state index in [1.54, 1.807) is 36.4 Å². The summed E-state index contributed by atoms with van der Waals surface area (Å²) in [5.74, 6) is -1.24. The van der Waals surface area contributed by atoms with Gasteiger partial charge in [0.2, 0.25) is 5.91 Å². The number of nitrogens with one attached hydrogen (secondary N) is 1. The molecule has 0 aliphatic heterocycles. The van der Waals surface area contributed by atoms with E-state index in [1.807, 2.05) is 20.8 Å². The van der Waals surface area contributed by atoms with Gasteiger partial charge in [-0.25, -0.2) is 4.79 Å². The minimum Gasteiger partial charge on any atom is -0.478 e. The Kier molecular flexibility index (Phi) is 7.30. The summed E-state index contributed by atoms with van der Waals surface area (Å²) in [5, 5.41) is 20.7. The molecule has 2 aromatic rings. The lowest BCUT2D eigenvalue weighted by molar-refractivity contribution is -0.137. The molecular weight excluding hydrogens is 356 g/mol. The summed E-state index contributed by atoms with van der Waals surface area (Å²) in [5.41, 5.74) is 2.47. The van der Waals surface area contributed by atoms with Gasteiger partial charge in [-0.15, -0.1) is 0 Å². The fourth-order valence-electron chi connectivity index (χ4n) is 2.73. The molecule has 2 rings (SSSR count). The fourth-order valence-corrected chi connectivity index (χ4v) is 2.73. The van der Waals surface area contributed by atoms with Gasteiger partial charge in [0.25, 0.3) is 0 Å². The highest BCUT2D eigenvalue weighted by molar-refractivity contribution is 5.87. The van der Waals surface area contributed by atoms with Gasteiger partial charge in [0, 0.05) is 0 Å². The van der Waals surface area contributed by atoms with Crippen molar-refractivity contribution in [2.24, 2.45) is 5.92 Å². The van der Waals surface area contributed by atoms with Gasteiger partial charge >= 0.3 is 5.97 Å².